The monoisotopic (exact) mass is 497 g/mol. The zero-order valence-corrected chi connectivity index (χ0v) is 20.5. The maximum atomic E-state index is 12.9. The molecule has 3 heterocycles. The van der Waals surface area contributed by atoms with Gasteiger partial charge in [-0.1, -0.05) is 6.07 Å². The van der Waals surface area contributed by atoms with Crippen LogP contribution >= 0.6 is 15.9 Å². The lowest BCUT2D eigenvalue weighted by atomic mass is 9.85. The van der Waals surface area contributed by atoms with Crippen molar-refractivity contribution in [3.05, 3.63) is 62.6 Å². The van der Waals surface area contributed by atoms with Gasteiger partial charge in [-0.3, -0.25) is 9.36 Å². The van der Waals surface area contributed by atoms with E-state index in [-0.39, 0.29) is 17.3 Å². The highest BCUT2D eigenvalue weighted by Crippen LogP contribution is 2.44. The zero-order valence-electron chi connectivity index (χ0n) is 18.9. The molecular formula is C25H28BrN3O3. The van der Waals surface area contributed by atoms with Crippen LogP contribution in [0.5, 0.6) is 0 Å². The molecule has 0 unspecified atom stereocenters. The van der Waals surface area contributed by atoms with Crippen LogP contribution in [0.25, 0.3) is 16.6 Å². The highest BCUT2D eigenvalue weighted by Gasteiger charge is 2.39. The molecule has 5 rings (SSSR count). The fraction of sp³-hybridized carbons (Fsp3) is 0.440. The number of hydrogen-bond donors (Lipinski definition) is 0. The molecule has 2 aliphatic heterocycles. The van der Waals surface area contributed by atoms with Crippen LogP contribution in [0, 0.1) is 5.92 Å². The SMILES string of the molecule is COC(OC)C1CCN(c2ccc3c(c2)C(C)(C)c2nc(=O)c4c(Br)cccc4n2-3)CC1. The minimum atomic E-state index is -0.365. The second kappa shape index (κ2) is 7.97. The number of methoxy groups -OCH3 is 2. The van der Waals surface area contributed by atoms with E-state index >= 15 is 0 Å². The van der Waals surface area contributed by atoms with Crippen LogP contribution in [0.2, 0.25) is 0 Å². The van der Waals surface area contributed by atoms with Crippen molar-refractivity contribution in [2.24, 2.45) is 5.92 Å². The van der Waals surface area contributed by atoms with E-state index in [2.05, 4.69) is 62.4 Å². The lowest BCUT2D eigenvalue weighted by molar-refractivity contribution is -0.141. The van der Waals surface area contributed by atoms with Crippen molar-refractivity contribution < 1.29 is 9.47 Å². The molecule has 6 nitrogen and oxygen atoms in total. The maximum absolute atomic E-state index is 12.9. The van der Waals surface area contributed by atoms with E-state index in [9.17, 15) is 4.79 Å². The number of ether oxygens (including phenoxy) is 2. The van der Waals surface area contributed by atoms with Gasteiger partial charge in [0.1, 0.15) is 5.82 Å². The van der Waals surface area contributed by atoms with E-state index < -0.39 is 0 Å². The Morgan fingerprint density at radius 3 is 2.53 bits per heavy atom. The average Bonchev–Trinajstić information content (AvgIpc) is 3.01. The summed E-state index contributed by atoms with van der Waals surface area (Å²) in [6.45, 7) is 6.23. The Morgan fingerprint density at radius 1 is 1.12 bits per heavy atom. The quantitative estimate of drug-likeness (QED) is 0.492. The number of halogens is 1. The van der Waals surface area contributed by atoms with Gasteiger partial charge in [-0.2, -0.15) is 4.98 Å². The van der Waals surface area contributed by atoms with E-state index in [1.165, 1.54) is 11.3 Å². The third-order valence-corrected chi connectivity index (χ3v) is 7.73. The first-order chi connectivity index (χ1) is 15.4. The summed E-state index contributed by atoms with van der Waals surface area (Å²) >= 11 is 3.54. The predicted molar refractivity (Wildman–Crippen MR) is 130 cm³/mol. The van der Waals surface area contributed by atoms with Crippen molar-refractivity contribution in [1.29, 1.82) is 0 Å². The van der Waals surface area contributed by atoms with E-state index in [0.717, 1.165) is 47.4 Å². The van der Waals surface area contributed by atoms with Gasteiger partial charge in [-0.15, -0.1) is 0 Å². The van der Waals surface area contributed by atoms with Gasteiger partial charge < -0.3 is 14.4 Å². The summed E-state index contributed by atoms with van der Waals surface area (Å²) in [6.07, 6.45) is 1.92. The smallest absolute Gasteiger partial charge is 0.281 e. The van der Waals surface area contributed by atoms with Crippen molar-refractivity contribution in [3.63, 3.8) is 0 Å². The largest absolute Gasteiger partial charge is 0.371 e. The average molecular weight is 498 g/mol. The molecule has 2 aliphatic rings. The van der Waals surface area contributed by atoms with Gasteiger partial charge in [0.15, 0.2) is 6.29 Å². The van der Waals surface area contributed by atoms with Crippen molar-refractivity contribution >= 4 is 32.5 Å². The number of piperidine rings is 1. The molecule has 3 aromatic rings. The lowest BCUT2D eigenvalue weighted by Gasteiger charge is -2.36. The van der Waals surface area contributed by atoms with Gasteiger partial charge in [0.05, 0.1) is 22.0 Å². The molecule has 1 aromatic heterocycles. The molecule has 2 aromatic carbocycles. The molecule has 1 saturated heterocycles. The highest BCUT2D eigenvalue weighted by molar-refractivity contribution is 9.10. The molecule has 0 saturated carbocycles. The Hall–Kier alpha value is -2.22. The number of aromatic nitrogens is 2. The van der Waals surface area contributed by atoms with Gasteiger partial charge in [0.2, 0.25) is 0 Å². The number of fused-ring (bicyclic) bond motifs is 5. The minimum absolute atomic E-state index is 0.137. The number of nitrogens with zero attached hydrogens (tertiary/aromatic N) is 3. The molecule has 0 atom stereocenters. The molecule has 1 fully saturated rings. The first kappa shape index (κ1) is 21.6. The lowest BCUT2D eigenvalue weighted by Crippen LogP contribution is -2.39. The summed E-state index contributed by atoms with van der Waals surface area (Å²) in [5.74, 6) is 1.21. The molecule has 0 aliphatic carbocycles. The van der Waals surface area contributed by atoms with Crippen LogP contribution in [0.4, 0.5) is 5.69 Å². The standard InChI is InChI=1S/C25H28BrN3O3/c1-25(2)17-14-16(28-12-10-15(11-13-28)23(31-3)32-4)8-9-19(17)29-20-7-5-6-18(26)21(20)22(30)27-24(25)29/h5-9,14-15,23H,10-13H2,1-4H3. The second-order valence-corrected chi connectivity index (χ2v) is 10.1. The Balaban J connectivity index is 1.54. The summed E-state index contributed by atoms with van der Waals surface area (Å²) in [7, 11) is 3.42. The number of anilines is 1. The number of rotatable bonds is 4. The first-order valence-electron chi connectivity index (χ1n) is 11.0. The normalized spacial score (nSPS) is 17.8. The fourth-order valence-corrected chi connectivity index (χ4v) is 5.86. The van der Waals surface area contributed by atoms with Crippen LogP contribution in [-0.2, 0) is 14.9 Å². The zero-order chi connectivity index (χ0) is 22.6. The Bertz CT molecular complexity index is 1240. The Kier molecular flexibility index (Phi) is 5.39. The van der Waals surface area contributed by atoms with Gasteiger partial charge >= 0.3 is 0 Å². The van der Waals surface area contributed by atoms with Crippen LogP contribution < -0.4 is 10.5 Å². The summed E-state index contributed by atoms with van der Waals surface area (Å²) < 4.78 is 13.9. The molecule has 7 heteroatoms. The molecular weight excluding hydrogens is 470 g/mol. The van der Waals surface area contributed by atoms with E-state index in [1.807, 2.05) is 18.2 Å². The van der Waals surface area contributed by atoms with Crippen molar-refractivity contribution in [1.82, 2.24) is 9.55 Å². The molecule has 0 N–H and O–H groups in total. The van der Waals surface area contributed by atoms with Crippen molar-refractivity contribution in [3.8, 4) is 5.69 Å². The van der Waals surface area contributed by atoms with Crippen LogP contribution in [0.15, 0.2) is 45.7 Å². The summed E-state index contributed by atoms with van der Waals surface area (Å²) in [5, 5.41) is 0.622. The molecule has 0 radical (unpaired) electrons. The summed E-state index contributed by atoms with van der Waals surface area (Å²) in [5.41, 5.74) is 3.84. The summed E-state index contributed by atoms with van der Waals surface area (Å²) in [4.78, 5) is 19.8. The maximum Gasteiger partial charge on any atom is 0.281 e. The molecule has 32 heavy (non-hydrogen) atoms. The van der Waals surface area contributed by atoms with Gasteiger partial charge in [-0.05, 0) is 78.5 Å². The highest BCUT2D eigenvalue weighted by atomic mass is 79.9. The van der Waals surface area contributed by atoms with Crippen LogP contribution in [0.3, 0.4) is 0 Å². The Labute approximate surface area is 196 Å². The van der Waals surface area contributed by atoms with Gasteiger partial charge in [0, 0.05) is 43.4 Å². The van der Waals surface area contributed by atoms with Crippen LogP contribution in [-0.4, -0.2) is 43.2 Å². The van der Waals surface area contributed by atoms with E-state index in [1.54, 1.807) is 14.2 Å². The fourth-order valence-electron chi connectivity index (χ4n) is 5.34. The molecule has 0 amide bonds. The third kappa shape index (κ3) is 3.21. The Morgan fingerprint density at radius 2 is 1.84 bits per heavy atom. The molecule has 168 valence electrons. The van der Waals surface area contributed by atoms with Crippen LogP contribution in [0.1, 0.15) is 38.1 Å². The second-order valence-electron chi connectivity index (χ2n) is 9.20. The molecule has 0 spiro atoms. The van der Waals surface area contributed by atoms with Crippen molar-refractivity contribution in [2.45, 2.75) is 38.4 Å². The summed E-state index contributed by atoms with van der Waals surface area (Å²) in [6, 6.07) is 12.5. The number of hydrogen-bond acceptors (Lipinski definition) is 5. The van der Waals surface area contributed by atoms with E-state index in [0.29, 0.717) is 11.3 Å². The minimum Gasteiger partial charge on any atom is -0.371 e. The predicted octanol–water partition coefficient (Wildman–Crippen LogP) is 4.62. The van der Waals surface area contributed by atoms with Gasteiger partial charge in [-0.25, -0.2) is 0 Å². The van der Waals surface area contributed by atoms with E-state index in [4.69, 9.17) is 9.47 Å². The molecule has 0 bridgehead atoms. The van der Waals surface area contributed by atoms with Crippen molar-refractivity contribution in [2.75, 3.05) is 32.2 Å². The topological polar surface area (TPSA) is 56.6 Å². The number of benzene rings is 2. The van der Waals surface area contributed by atoms with Gasteiger partial charge in [0.25, 0.3) is 5.56 Å². The first-order valence-corrected chi connectivity index (χ1v) is 11.8. The third-order valence-electron chi connectivity index (χ3n) is 7.07.